The minimum absolute atomic E-state index is 0.0782. The first-order valence-electron chi connectivity index (χ1n) is 4.95. The van der Waals surface area contributed by atoms with Gasteiger partial charge in [0.25, 0.3) is 5.91 Å². The summed E-state index contributed by atoms with van der Waals surface area (Å²) in [6.07, 6.45) is 1.34. The SMILES string of the molecule is CNc1cc(C(=O)NCCS(N)(=O)=O)c(Cl)cn1. The van der Waals surface area contributed by atoms with Crippen LogP contribution in [-0.4, -0.2) is 38.7 Å². The number of hydrogen-bond donors (Lipinski definition) is 3. The third-order valence-corrected chi connectivity index (χ3v) is 3.10. The summed E-state index contributed by atoms with van der Waals surface area (Å²) in [7, 11) is -1.95. The van der Waals surface area contributed by atoms with E-state index in [2.05, 4.69) is 15.6 Å². The Bertz CT molecular complexity index is 547. The van der Waals surface area contributed by atoms with Gasteiger partial charge in [-0.2, -0.15) is 0 Å². The van der Waals surface area contributed by atoms with Crippen LogP contribution in [0.3, 0.4) is 0 Å². The molecule has 0 fully saturated rings. The van der Waals surface area contributed by atoms with E-state index in [1.807, 2.05) is 0 Å². The van der Waals surface area contributed by atoms with Crippen LogP contribution in [0.2, 0.25) is 5.02 Å². The lowest BCUT2D eigenvalue weighted by molar-refractivity contribution is 0.0956. The van der Waals surface area contributed by atoms with Crippen molar-refractivity contribution in [3.05, 3.63) is 22.8 Å². The number of amides is 1. The fourth-order valence-corrected chi connectivity index (χ4v) is 1.73. The molecule has 9 heteroatoms. The van der Waals surface area contributed by atoms with Crippen molar-refractivity contribution in [1.29, 1.82) is 0 Å². The lowest BCUT2D eigenvalue weighted by atomic mass is 10.2. The predicted molar refractivity (Wildman–Crippen MR) is 69.1 cm³/mol. The first-order valence-corrected chi connectivity index (χ1v) is 7.05. The average Bonchev–Trinajstić information content (AvgIpc) is 2.27. The predicted octanol–water partition coefficient (Wildman–Crippen LogP) is -0.205. The molecule has 1 aromatic heterocycles. The monoisotopic (exact) mass is 292 g/mol. The Morgan fingerprint density at radius 3 is 2.78 bits per heavy atom. The molecule has 7 nitrogen and oxygen atoms in total. The Morgan fingerprint density at radius 1 is 1.56 bits per heavy atom. The molecule has 0 aliphatic rings. The molecule has 0 spiro atoms. The van der Waals surface area contributed by atoms with Crippen molar-refractivity contribution in [3.63, 3.8) is 0 Å². The maximum Gasteiger partial charge on any atom is 0.253 e. The van der Waals surface area contributed by atoms with Crippen molar-refractivity contribution >= 4 is 33.3 Å². The third-order valence-electron chi connectivity index (χ3n) is 2.03. The number of sulfonamides is 1. The van der Waals surface area contributed by atoms with Crippen LogP contribution in [0.15, 0.2) is 12.3 Å². The number of hydrogen-bond acceptors (Lipinski definition) is 5. The van der Waals surface area contributed by atoms with Crippen molar-refractivity contribution in [2.45, 2.75) is 0 Å². The number of halogens is 1. The zero-order valence-corrected chi connectivity index (χ0v) is 11.2. The minimum Gasteiger partial charge on any atom is -0.373 e. The Hall–Kier alpha value is -1.38. The molecule has 0 radical (unpaired) electrons. The maximum atomic E-state index is 11.7. The van der Waals surface area contributed by atoms with Crippen LogP contribution in [0.4, 0.5) is 5.82 Å². The van der Waals surface area contributed by atoms with E-state index < -0.39 is 15.9 Å². The summed E-state index contributed by atoms with van der Waals surface area (Å²) in [5.74, 6) is -0.334. The second-order valence-corrected chi connectivity index (χ2v) is 5.56. The van der Waals surface area contributed by atoms with Gasteiger partial charge in [-0.3, -0.25) is 4.79 Å². The number of rotatable bonds is 5. The molecule has 0 aliphatic heterocycles. The molecule has 0 bridgehead atoms. The standard InChI is InChI=1S/C9H13ClN4O3S/c1-12-8-4-6(7(10)5-14-8)9(15)13-2-3-18(11,16)17/h4-5H,2-3H2,1H3,(H,12,14)(H,13,15)(H2,11,16,17). The molecule has 1 rings (SSSR count). The van der Waals surface area contributed by atoms with Crippen LogP contribution in [0.1, 0.15) is 10.4 Å². The van der Waals surface area contributed by atoms with Crippen molar-refractivity contribution in [3.8, 4) is 0 Å². The van der Waals surface area contributed by atoms with E-state index in [4.69, 9.17) is 16.7 Å². The summed E-state index contributed by atoms with van der Waals surface area (Å²) in [5.41, 5.74) is 0.213. The summed E-state index contributed by atoms with van der Waals surface area (Å²) in [6.45, 7) is -0.0782. The van der Waals surface area contributed by atoms with Crippen LogP contribution < -0.4 is 15.8 Å². The fraction of sp³-hybridized carbons (Fsp3) is 0.333. The molecular formula is C9H13ClN4O3S. The van der Waals surface area contributed by atoms with Gasteiger partial charge in [0, 0.05) is 19.8 Å². The summed E-state index contributed by atoms with van der Waals surface area (Å²) in [6, 6.07) is 1.47. The topological polar surface area (TPSA) is 114 Å². The average molecular weight is 293 g/mol. The Balaban J connectivity index is 2.72. The third kappa shape index (κ3) is 4.47. The number of primary sulfonamides is 1. The summed E-state index contributed by atoms with van der Waals surface area (Å²) in [4.78, 5) is 15.7. The van der Waals surface area contributed by atoms with Gasteiger partial charge in [0.05, 0.1) is 16.3 Å². The molecule has 1 aromatic rings. The maximum absolute atomic E-state index is 11.7. The van der Waals surface area contributed by atoms with Gasteiger partial charge in [0.15, 0.2) is 0 Å². The minimum atomic E-state index is -3.60. The zero-order valence-electron chi connectivity index (χ0n) is 9.60. The van der Waals surface area contributed by atoms with Crippen LogP contribution >= 0.6 is 11.6 Å². The molecular weight excluding hydrogens is 280 g/mol. The van der Waals surface area contributed by atoms with E-state index in [1.165, 1.54) is 12.3 Å². The number of carbonyl (C=O) groups excluding carboxylic acids is 1. The molecule has 0 unspecified atom stereocenters. The van der Waals surface area contributed by atoms with Gasteiger partial charge in [-0.05, 0) is 6.07 Å². The van der Waals surface area contributed by atoms with E-state index in [0.29, 0.717) is 5.82 Å². The van der Waals surface area contributed by atoms with Gasteiger partial charge in [-0.15, -0.1) is 0 Å². The second kappa shape index (κ2) is 5.98. The van der Waals surface area contributed by atoms with Crippen molar-refractivity contribution in [1.82, 2.24) is 10.3 Å². The smallest absolute Gasteiger partial charge is 0.253 e. The number of nitrogens with zero attached hydrogens (tertiary/aromatic N) is 1. The number of nitrogens with one attached hydrogen (secondary N) is 2. The quantitative estimate of drug-likeness (QED) is 0.695. The van der Waals surface area contributed by atoms with Gasteiger partial charge in [-0.1, -0.05) is 11.6 Å². The molecule has 4 N–H and O–H groups in total. The highest BCUT2D eigenvalue weighted by molar-refractivity contribution is 7.89. The normalized spacial score (nSPS) is 11.1. The number of anilines is 1. The zero-order chi connectivity index (χ0) is 13.8. The van der Waals surface area contributed by atoms with E-state index in [0.717, 1.165) is 0 Å². The van der Waals surface area contributed by atoms with E-state index in [9.17, 15) is 13.2 Å². The van der Waals surface area contributed by atoms with Crippen LogP contribution in [0, 0.1) is 0 Å². The first-order chi connectivity index (χ1) is 8.33. The molecule has 100 valence electrons. The van der Waals surface area contributed by atoms with E-state index in [-0.39, 0.29) is 22.9 Å². The molecule has 0 aromatic carbocycles. The largest absolute Gasteiger partial charge is 0.373 e. The molecule has 0 saturated heterocycles. The van der Waals surface area contributed by atoms with Gasteiger partial charge in [0.2, 0.25) is 10.0 Å². The molecule has 0 atom stereocenters. The highest BCUT2D eigenvalue weighted by Crippen LogP contribution is 2.17. The van der Waals surface area contributed by atoms with Crippen molar-refractivity contribution < 1.29 is 13.2 Å². The van der Waals surface area contributed by atoms with Crippen molar-refractivity contribution in [2.24, 2.45) is 5.14 Å². The molecule has 18 heavy (non-hydrogen) atoms. The lowest BCUT2D eigenvalue weighted by Crippen LogP contribution is -2.31. The number of carbonyl (C=O) groups is 1. The molecule has 0 aliphatic carbocycles. The van der Waals surface area contributed by atoms with Gasteiger partial charge < -0.3 is 10.6 Å². The summed E-state index contributed by atoms with van der Waals surface area (Å²) < 4.78 is 21.4. The second-order valence-electron chi connectivity index (χ2n) is 3.42. The highest BCUT2D eigenvalue weighted by Gasteiger charge is 2.12. The molecule has 1 heterocycles. The fourth-order valence-electron chi connectivity index (χ4n) is 1.15. The first kappa shape index (κ1) is 14.7. The van der Waals surface area contributed by atoms with Crippen LogP contribution in [-0.2, 0) is 10.0 Å². The number of aromatic nitrogens is 1. The molecule has 1 amide bonds. The summed E-state index contributed by atoms with van der Waals surface area (Å²) in [5, 5.41) is 10.2. The van der Waals surface area contributed by atoms with E-state index >= 15 is 0 Å². The van der Waals surface area contributed by atoms with E-state index in [1.54, 1.807) is 7.05 Å². The number of pyridine rings is 1. The highest BCUT2D eigenvalue weighted by atomic mass is 35.5. The Morgan fingerprint density at radius 2 is 2.22 bits per heavy atom. The van der Waals surface area contributed by atoms with Crippen molar-refractivity contribution in [2.75, 3.05) is 24.7 Å². The number of nitrogens with two attached hydrogens (primary N) is 1. The Kier molecular flexibility index (Phi) is 4.88. The van der Waals surface area contributed by atoms with Crippen LogP contribution in [0.25, 0.3) is 0 Å². The summed E-state index contributed by atoms with van der Waals surface area (Å²) >= 11 is 5.82. The lowest BCUT2D eigenvalue weighted by Gasteiger charge is -2.07. The van der Waals surface area contributed by atoms with Gasteiger partial charge >= 0.3 is 0 Å². The molecule has 0 saturated carbocycles. The Labute approximate surface area is 110 Å². The van der Waals surface area contributed by atoms with Gasteiger partial charge in [-0.25, -0.2) is 18.5 Å². The van der Waals surface area contributed by atoms with Crippen LogP contribution in [0.5, 0.6) is 0 Å². The van der Waals surface area contributed by atoms with Gasteiger partial charge in [0.1, 0.15) is 5.82 Å².